The minimum atomic E-state index is -1.43. The Morgan fingerprint density at radius 2 is 1.86 bits per heavy atom. The lowest BCUT2D eigenvalue weighted by molar-refractivity contribution is -0.137. The number of benzene rings is 1. The molecule has 1 aliphatic heterocycles. The van der Waals surface area contributed by atoms with Gasteiger partial charge in [0.25, 0.3) is 5.91 Å². The average Bonchev–Trinajstić information content (AvgIpc) is 3.36. The number of carbonyl (C=O) groups is 2. The zero-order valence-corrected chi connectivity index (χ0v) is 19.0. The highest BCUT2D eigenvalue weighted by atomic mass is 16.6. The quantitative estimate of drug-likeness (QED) is 0.227. The van der Waals surface area contributed by atoms with Gasteiger partial charge in [0.05, 0.1) is 12.7 Å². The van der Waals surface area contributed by atoms with Crippen LogP contribution in [0.2, 0.25) is 0 Å². The molecule has 13 heteroatoms. The minimum absolute atomic E-state index is 0.0280. The lowest BCUT2D eigenvalue weighted by Crippen LogP contribution is -2.42. The molecule has 13 nitrogen and oxygen atoms in total. The number of likely N-dealkylation sites (N-methyl/N-ethyl adjacent to an activating group) is 1. The summed E-state index contributed by atoms with van der Waals surface area (Å²) in [5.41, 5.74) is 8.33. The number of hydrogen-bond donors (Lipinski definition) is 6. The van der Waals surface area contributed by atoms with E-state index in [1.54, 1.807) is 19.1 Å². The molecule has 4 rings (SSSR count). The molecule has 0 bridgehead atoms. The van der Waals surface area contributed by atoms with Crippen molar-refractivity contribution in [3.8, 4) is 0 Å². The van der Waals surface area contributed by atoms with Crippen LogP contribution in [0.25, 0.3) is 11.2 Å². The van der Waals surface area contributed by atoms with E-state index in [0.717, 1.165) is 11.1 Å². The number of aliphatic hydroxyl groups excluding tert-OH is 2. The van der Waals surface area contributed by atoms with Crippen LogP contribution in [0.1, 0.15) is 24.3 Å². The zero-order chi connectivity index (χ0) is 25.1. The van der Waals surface area contributed by atoms with Crippen LogP contribution in [-0.4, -0.2) is 78.1 Å². The molecule has 0 saturated carbocycles. The van der Waals surface area contributed by atoms with Gasteiger partial charge in [-0.05, 0) is 24.5 Å². The molecule has 186 valence electrons. The van der Waals surface area contributed by atoms with E-state index in [1.807, 2.05) is 12.1 Å². The molecular weight excluding hydrogens is 458 g/mol. The van der Waals surface area contributed by atoms with E-state index in [-0.39, 0.29) is 29.4 Å². The molecule has 0 aliphatic carbocycles. The van der Waals surface area contributed by atoms with Crippen LogP contribution < -0.4 is 16.4 Å². The molecule has 2 aromatic heterocycles. The summed E-state index contributed by atoms with van der Waals surface area (Å²) in [6.45, 7) is 2.56. The Bertz CT molecular complexity index is 1210. The molecule has 0 spiro atoms. The van der Waals surface area contributed by atoms with E-state index in [9.17, 15) is 19.8 Å². The third kappa shape index (κ3) is 5.16. The van der Waals surface area contributed by atoms with Crippen LogP contribution in [0.3, 0.4) is 0 Å². The molecule has 1 saturated heterocycles. The number of rotatable bonds is 9. The van der Waals surface area contributed by atoms with Gasteiger partial charge in [0, 0.05) is 13.1 Å². The summed E-state index contributed by atoms with van der Waals surface area (Å²) in [4.78, 5) is 35.8. The summed E-state index contributed by atoms with van der Waals surface area (Å²) in [6.07, 6.45) is -3.21. The Kier molecular flexibility index (Phi) is 7.10. The highest BCUT2D eigenvalue weighted by Gasteiger charge is 2.47. The first kappa shape index (κ1) is 24.3. The molecule has 1 amide bonds. The van der Waals surface area contributed by atoms with Gasteiger partial charge in [-0.25, -0.2) is 4.98 Å². The van der Waals surface area contributed by atoms with E-state index in [4.69, 9.17) is 15.6 Å². The summed E-state index contributed by atoms with van der Waals surface area (Å²) in [7, 11) is 0. The van der Waals surface area contributed by atoms with Crippen LogP contribution in [0.15, 0.2) is 30.6 Å². The number of aliphatic hydroxyl groups is 2. The van der Waals surface area contributed by atoms with Gasteiger partial charge < -0.3 is 36.4 Å². The summed E-state index contributed by atoms with van der Waals surface area (Å²) in [5, 5.41) is 35.4. The summed E-state index contributed by atoms with van der Waals surface area (Å²) in [5.74, 6) is -1.07. The molecule has 0 radical (unpaired) electrons. The summed E-state index contributed by atoms with van der Waals surface area (Å²) >= 11 is 0. The van der Waals surface area contributed by atoms with Crippen molar-refractivity contribution in [2.75, 3.05) is 24.1 Å². The maximum Gasteiger partial charge on any atom is 0.307 e. The molecule has 3 aromatic rings. The Morgan fingerprint density at radius 1 is 1.14 bits per heavy atom. The largest absolute Gasteiger partial charge is 0.481 e. The first-order valence-electron chi connectivity index (χ1n) is 11.1. The van der Waals surface area contributed by atoms with Crippen LogP contribution >= 0.6 is 0 Å². The average molecular weight is 486 g/mol. The smallest absolute Gasteiger partial charge is 0.307 e. The normalized spacial score (nSPS) is 21.8. The van der Waals surface area contributed by atoms with E-state index < -0.39 is 36.4 Å². The minimum Gasteiger partial charge on any atom is -0.481 e. The molecule has 1 fully saturated rings. The lowest BCUT2D eigenvalue weighted by Gasteiger charge is -2.16. The van der Waals surface area contributed by atoms with Crippen molar-refractivity contribution in [2.24, 2.45) is 0 Å². The standard InChI is InChI=1S/C22H27N7O6/c1-2-24-20(34)17-15(32)16(33)21(35-17)29-10-26-14-18(23)27-22(28-19(14)29)25-8-7-11-3-5-12(6-4-11)9-13(30)31/h3-6,10,15-17,21,32-33H,2,7-9H2,1H3,(H,24,34)(H,30,31)(H3,23,25,27,28)/t15-,16+,17-,21+/m0/s1. The molecule has 0 unspecified atom stereocenters. The maximum atomic E-state index is 12.2. The number of hydrogen-bond acceptors (Lipinski definition) is 10. The number of imidazole rings is 1. The van der Waals surface area contributed by atoms with Crippen molar-refractivity contribution >= 4 is 34.8 Å². The second kappa shape index (κ2) is 10.2. The molecular formula is C22H27N7O6. The van der Waals surface area contributed by atoms with Crippen molar-refractivity contribution in [2.45, 2.75) is 44.3 Å². The second-order valence-electron chi connectivity index (χ2n) is 8.14. The van der Waals surface area contributed by atoms with Crippen LogP contribution in [-0.2, 0) is 27.2 Å². The number of carboxylic acids is 1. The topological polar surface area (TPSA) is 198 Å². The number of carboxylic acid groups (broad SMARTS) is 1. The monoisotopic (exact) mass is 485 g/mol. The predicted molar refractivity (Wildman–Crippen MR) is 124 cm³/mol. The number of fused-ring (bicyclic) bond motifs is 1. The fraction of sp³-hybridized carbons (Fsp3) is 0.409. The van der Waals surface area contributed by atoms with Gasteiger partial charge in [0.1, 0.15) is 17.7 Å². The maximum absolute atomic E-state index is 12.2. The third-order valence-corrected chi connectivity index (χ3v) is 5.65. The summed E-state index contributed by atoms with van der Waals surface area (Å²) < 4.78 is 7.07. The number of nitrogens with zero attached hydrogens (tertiary/aromatic N) is 4. The van der Waals surface area contributed by atoms with E-state index in [2.05, 4.69) is 25.6 Å². The van der Waals surface area contributed by atoms with Gasteiger partial charge in [-0.2, -0.15) is 9.97 Å². The van der Waals surface area contributed by atoms with Crippen LogP contribution in [0.4, 0.5) is 11.8 Å². The van der Waals surface area contributed by atoms with Crippen molar-refractivity contribution < 1.29 is 29.6 Å². The van der Waals surface area contributed by atoms with Crippen LogP contribution in [0, 0.1) is 0 Å². The number of nitrogens with one attached hydrogen (secondary N) is 2. The van der Waals surface area contributed by atoms with E-state index in [0.29, 0.717) is 19.5 Å². The molecule has 1 aromatic carbocycles. The molecule has 7 N–H and O–H groups in total. The molecule has 3 heterocycles. The first-order chi connectivity index (χ1) is 16.8. The van der Waals surface area contributed by atoms with Crippen molar-refractivity contribution in [1.29, 1.82) is 0 Å². The van der Waals surface area contributed by atoms with Gasteiger partial charge in [0.2, 0.25) is 5.95 Å². The number of aromatic nitrogens is 4. The van der Waals surface area contributed by atoms with E-state index >= 15 is 0 Å². The number of nitrogen functional groups attached to an aromatic ring is 1. The highest BCUT2D eigenvalue weighted by Crippen LogP contribution is 2.32. The van der Waals surface area contributed by atoms with Crippen molar-refractivity contribution in [3.05, 3.63) is 41.7 Å². The summed E-state index contributed by atoms with van der Waals surface area (Å²) in [6, 6.07) is 7.28. The van der Waals surface area contributed by atoms with Gasteiger partial charge in [-0.1, -0.05) is 24.3 Å². The van der Waals surface area contributed by atoms with Crippen molar-refractivity contribution in [1.82, 2.24) is 24.8 Å². The predicted octanol–water partition coefficient (Wildman–Crippen LogP) is -0.554. The zero-order valence-electron chi connectivity index (χ0n) is 19.0. The SMILES string of the molecule is CCNC(=O)[C@H]1O[C@@H](n2cnc3c(N)nc(NCCc4ccc(CC(=O)O)cc4)nc32)[C@H](O)[C@@H]1O. The van der Waals surface area contributed by atoms with Crippen molar-refractivity contribution in [3.63, 3.8) is 0 Å². The fourth-order valence-corrected chi connectivity index (χ4v) is 3.90. The van der Waals surface area contributed by atoms with Gasteiger partial charge >= 0.3 is 5.97 Å². The van der Waals surface area contributed by atoms with Gasteiger partial charge in [-0.15, -0.1) is 0 Å². The van der Waals surface area contributed by atoms with Gasteiger partial charge in [0.15, 0.2) is 23.8 Å². The number of ether oxygens (including phenoxy) is 1. The number of carbonyl (C=O) groups excluding carboxylic acids is 1. The number of amides is 1. The number of nitrogens with two attached hydrogens (primary N) is 1. The van der Waals surface area contributed by atoms with E-state index in [1.165, 1.54) is 10.9 Å². The molecule has 35 heavy (non-hydrogen) atoms. The lowest BCUT2D eigenvalue weighted by atomic mass is 10.1. The Hall–Kier alpha value is -3.81. The highest BCUT2D eigenvalue weighted by molar-refractivity contribution is 5.83. The first-order valence-corrected chi connectivity index (χ1v) is 11.1. The fourth-order valence-electron chi connectivity index (χ4n) is 3.90. The van der Waals surface area contributed by atoms with Gasteiger partial charge in [-0.3, -0.25) is 14.2 Å². The Morgan fingerprint density at radius 3 is 2.54 bits per heavy atom. The second-order valence-corrected chi connectivity index (χ2v) is 8.14. The van der Waals surface area contributed by atoms with Crippen LogP contribution in [0.5, 0.6) is 0 Å². The molecule has 1 aliphatic rings. The molecule has 4 atom stereocenters. The number of anilines is 2. The Balaban J connectivity index is 1.48. The third-order valence-electron chi connectivity index (χ3n) is 5.65. The Labute approximate surface area is 200 Å². The number of aliphatic carboxylic acids is 1.